The van der Waals surface area contributed by atoms with Crippen LogP contribution in [0.5, 0.6) is 0 Å². The van der Waals surface area contributed by atoms with Crippen LogP contribution < -0.4 is 11.1 Å². The Bertz CT molecular complexity index is 461. The van der Waals surface area contributed by atoms with E-state index in [1.807, 2.05) is 24.3 Å². The fourth-order valence-corrected chi connectivity index (χ4v) is 3.02. The number of carbonyl (C=O) groups is 1. The maximum absolute atomic E-state index is 12.3. The Morgan fingerprint density at radius 2 is 2.15 bits per heavy atom. The zero-order chi connectivity index (χ0) is 14.5. The topological polar surface area (TPSA) is 58.4 Å². The minimum absolute atomic E-state index is 0.0538. The van der Waals surface area contributed by atoms with Crippen molar-refractivity contribution in [1.29, 1.82) is 0 Å². The Balaban J connectivity index is 1.98. The number of nitrogens with two attached hydrogens (primary N) is 1. The predicted octanol–water partition coefficient (Wildman–Crippen LogP) is 2.35. The first-order chi connectivity index (χ1) is 9.65. The Hall–Kier alpha value is -1.39. The number of amides is 1. The van der Waals surface area contributed by atoms with Crippen LogP contribution in [0.1, 0.15) is 38.7 Å². The minimum Gasteiger partial charge on any atom is -0.326 e. The van der Waals surface area contributed by atoms with Gasteiger partial charge in [-0.15, -0.1) is 0 Å². The summed E-state index contributed by atoms with van der Waals surface area (Å²) in [6.45, 7) is 5.31. The van der Waals surface area contributed by atoms with Crippen LogP contribution in [-0.2, 0) is 11.3 Å². The maximum atomic E-state index is 12.3. The standard InChI is InChI=1S/C16H25N3O/c1-3-14-9-8-12(2)19(14)11-16(20)18-15-7-5-4-6-13(15)10-17/h4-7,12,14H,3,8-11,17H2,1-2H3,(H,18,20). The van der Waals surface area contributed by atoms with Gasteiger partial charge in [0.25, 0.3) is 0 Å². The summed E-state index contributed by atoms with van der Waals surface area (Å²) in [6.07, 6.45) is 3.49. The summed E-state index contributed by atoms with van der Waals surface area (Å²) < 4.78 is 0. The van der Waals surface area contributed by atoms with Crippen molar-refractivity contribution in [2.75, 3.05) is 11.9 Å². The lowest BCUT2D eigenvalue weighted by Crippen LogP contribution is -2.40. The lowest BCUT2D eigenvalue weighted by atomic mass is 10.1. The van der Waals surface area contributed by atoms with Gasteiger partial charge < -0.3 is 11.1 Å². The second kappa shape index (κ2) is 6.86. The van der Waals surface area contributed by atoms with E-state index in [2.05, 4.69) is 24.1 Å². The highest BCUT2D eigenvalue weighted by atomic mass is 16.2. The quantitative estimate of drug-likeness (QED) is 0.867. The second-order valence-electron chi connectivity index (χ2n) is 5.57. The predicted molar refractivity (Wildman–Crippen MR) is 82.4 cm³/mol. The van der Waals surface area contributed by atoms with E-state index in [-0.39, 0.29) is 5.91 Å². The molecule has 1 aromatic carbocycles. The first kappa shape index (κ1) is 15.0. The average Bonchev–Trinajstić information content (AvgIpc) is 2.80. The molecule has 0 bridgehead atoms. The van der Waals surface area contributed by atoms with E-state index in [1.165, 1.54) is 12.8 Å². The molecule has 4 nitrogen and oxygen atoms in total. The third-order valence-corrected chi connectivity index (χ3v) is 4.26. The van der Waals surface area contributed by atoms with Crippen molar-refractivity contribution in [2.24, 2.45) is 5.73 Å². The number of carbonyl (C=O) groups excluding carboxylic acids is 1. The van der Waals surface area contributed by atoms with Gasteiger partial charge in [-0.3, -0.25) is 9.69 Å². The van der Waals surface area contributed by atoms with Crippen LogP contribution in [0, 0.1) is 0 Å². The van der Waals surface area contributed by atoms with Gasteiger partial charge in [-0.25, -0.2) is 0 Å². The molecule has 0 saturated carbocycles. The van der Waals surface area contributed by atoms with Crippen LogP contribution in [0.2, 0.25) is 0 Å². The Kier molecular flexibility index (Phi) is 5.15. The molecule has 0 aromatic heterocycles. The van der Waals surface area contributed by atoms with Crippen molar-refractivity contribution in [2.45, 2.75) is 51.7 Å². The summed E-state index contributed by atoms with van der Waals surface area (Å²) in [5, 5.41) is 2.99. The van der Waals surface area contributed by atoms with E-state index in [1.54, 1.807) is 0 Å². The molecule has 1 heterocycles. The monoisotopic (exact) mass is 275 g/mol. The maximum Gasteiger partial charge on any atom is 0.238 e. The van der Waals surface area contributed by atoms with Gasteiger partial charge in [0.2, 0.25) is 5.91 Å². The molecule has 1 saturated heterocycles. The molecular weight excluding hydrogens is 250 g/mol. The lowest BCUT2D eigenvalue weighted by molar-refractivity contribution is -0.118. The molecule has 20 heavy (non-hydrogen) atoms. The molecule has 2 unspecified atom stereocenters. The van der Waals surface area contributed by atoms with E-state index < -0.39 is 0 Å². The summed E-state index contributed by atoms with van der Waals surface area (Å²) >= 11 is 0. The fraction of sp³-hybridized carbons (Fsp3) is 0.562. The van der Waals surface area contributed by atoms with E-state index >= 15 is 0 Å². The number of hydrogen-bond acceptors (Lipinski definition) is 3. The van der Waals surface area contributed by atoms with Crippen LogP contribution in [0.3, 0.4) is 0 Å². The Morgan fingerprint density at radius 3 is 2.85 bits per heavy atom. The molecular formula is C16H25N3O. The molecule has 2 atom stereocenters. The number of anilines is 1. The van der Waals surface area contributed by atoms with Crippen LogP contribution in [0.4, 0.5) is 5.69 Å². The van der Waals surface area contributed by atoms with E-state index in [9.17, 15) is 4.79 Å². The van der Waals surface area contributed by atoms with Crippen molar-refractivity contribution in [1.82, 2.24) is 4.90 Å². The molecule has 110 valence electrons. The van der Waals surface area contributed by atoms with Crippen molar-refractivity contribution in [3.8, 4) is 0 Å². The van der Waals surface area contributed by atoms with Crippen molar-refractivity contribution in [3.05, 3.63) is 29.8 Å². The third kappa shape index (κ3) is 3.38. The van der Waals surface area contributed by atoms with Gasteiger partial charge in [-0.05, 0) is 37.8 Å². The highest BCUT2D eigenvalue weighted by Gasteiger charge is 2.30. The molecule has 4 heteroatoms. The number of nitrogens with zero attached hydrogens (tertiary/aromatic N) is 1. The van der Waals surface area contributed by atoms with Crippen LogP contribution in [-0.4, -0.2) is 29.4 Å². The van der Waals surface area contributed by atoms with E-state index in [4.69, 9.17) is 5.73 Å². The third-order valence-electron chi connectivity index (χ3n) is 4.26. The highest BCUT2D eigenvalue weighted by Crippen LogP contribution is 2.25. The normalized spacial score (nSPS) is 22.9. The van der Waals surface area contributed by atoms with Gasteiger partial charge in [-0.2, -0.15) is 0 Å². The summed E-state index contributed by atoms with van der Waals surface area (Å²) in [7, 11) is 0. The van der Waals surface area contributed by atoms with Crippen LogP contribution >= 0.6 is 0 Å². The number of rotatable bonds is 5. The van der Waals surface area contributed by atoms with Gasteiger partial charge in [0.05, 0.1) is 6.54 Å². The summed E-state index contributed by atoms with van der Waals surface area (Å²) in [5.74, 6) is 0.0538. The SMILES string of the molecule is CCC1CCC(C)N1CC(=O)Nc1ccccc1CN. The summed E-state index contributed by atoms with van der Waals surface area (Å²) in [5.41, 5.74) is 7.50. The molecule has 1 aliphatic rings. The summed E-state index contributed by atoms with van der Waals surface area (Å²) in [6, 6.07) is 8.75. The molecule has 0 radical (unpaired) electrons. The van der Waals surface area contributed by atoms with Crippen molar-refractivity contribution >= 4 is 11.6 Å². The second-order valence-corrected chi connectivity index (χ2v) is 5.57. The Labute approximate surface area is 121 Å². The molecule has 2 rings (SSSR count). The van der Waals surface area contributed by atoms with Gasteiger partial charge in [0.1, 0.15) is 0 Å². The highest BCUT2D eigenvalue weighted by molar-refractivity contribution is 5.93. The number of benzene rings is 1. The largest absolute Gasteiger partial charge is 0.326 e. The molecule has 0 aliphatic carbocycles. The molecule has 1 aromatic rings. The van der Waals surface area contributed by atoms with Crippen molar-refractivity contribution < 1.29 is 4.79 Å². The van der Waals surface area contributed by atoms with Gasteiger partial charge in [0.15, 0.2) is 0 Å². The molecule has 1 amide bonds. The first-order valence-electron chi connectivity index (χ1n) is 7.49. The zero-order valence-corrected chi connectivity index (χ0v) is 12.4. The van der Waals surface area contributed by atoms with Gasteiger partial charge in [0, 0.05) is 24.3 Å². The van der Waals surface area contributed by atoms with Crippen molar-refractivity contribution in [3.63, 3.8) is 0 Å². The molecule has 3 N–H and O–H groups in total. The van der Waals surface area contributed by atoms with Gasteiger partial charge in [-0.1, -0.05) is 25.1 Å². The van der Waals surface area contributed by atoms with Crippen LogP contribution in [0.15, 0.2) is 24.3 Å². The Morgan fingerprint density at radius 1 is 1.40 bits per heavy atom. The average molecular weight is 275 g/mol. The minimum atomic E-state index is 0.0538. The van der Waals surface area contributed by atoms with E-state index in [0.29, 0.717) is 25.2 Å². The number of para-hydroxylation sites is 1. The number of hydrogen-bond donors (Lipinski definition) is 2. The number of nitrogens with one attached hydrogen (secondary N) is 1. The van der Waals surface area contributed by atoms with E-state index in [0.717, 1.165) is 17.7 Å². The molecule has 1 aliphatic heterocycles. The fourth-order valence-electron chi connectivity index (χ4n) is 3.02. The number of likely N-dealkylation sites (tertiary alicyclic amines) is 1. The summed E-state index contributed by atoms with van der Waals surface area (Å²) in [4.78, 5) is 14.6. The first-order valence-corrected chi connectivity index (χ1v) is 7.49. The molecule has 1 fully saturated rings. The smallest absolute Gasteiger partial charge is 0.238 e. The van der Waals surface area contributed by atoms with Crippen LogP contribution in [0.25, 0.3) is 0 Å². The molecule has 0 spiro atoms. The zero-order valence-electron chi connectivity index (χ0n) is 12.4. The van der Waals surface area contributed by atoms with Gasteiger partial charge >= 0.3 is 0 Å². The lowest BCUT2D eigenvalue weighted by Gasteiger charge is -2.27.